The van der Waals surface area contributed by atoms with Crippen LogP contribution in [0.15, 0.2) is 83.8 Å². The molecule has 3 aromatic rings. The molecule has 0 radical (unpaired) electrons. The molecule has 27 heavy (non-hydrogen) atoms. The molecule has 0 saturated heterocycles. The summed E-state index contributed by atoms with van der Waals surface area (Å²) < 4.78 is 28.1. The van der Waals surface area contributed by atoms with Gasteiger partial charge in [0, 0.05) is 12.2 Å². The van der Waals surface area contributed by atoms with Crippen molar-refractivity contribution >= 4 is 15.7 Å². The van der Waals surface area contributed by atoms with Crippen LogP contribution in [0.2, 0.25) is 0 Å². The van der Waals surface area contributed by atoms with Crippen molar-refractivity contribution in [3.63, 3.8) is 0 Å². The number of anilines is 1. The zero-order valence-corrected chi connectivity index (χ0v) is 16.3. The Morgan fingerprint density at radius 3 is 2.11 bits per heavy atom. The van der Waals surface area contributed by atoms with Crippen molar-refractivity contribution in [3.05, 3.63) is 95.6 Å². The number of sulfonamides is 1. The lowest BCUT2D eigenvalue weighted by Crippen LogP contribution is -2.31. The van der Waals surface area contributed by atoms with E-state index in [-0.39, 0.29) is 17.5 Å². The third kappa shape index (κ3) is 4.96. The van der Waals surface area contributed by atoms with Crippen molar-refractivity contribution in [2.24, 2.45) is 0 Å². The number of hydrogen-bond acceptors (Lipinski definition) is 3. The van der Waals surface area contributed by atoms with E-state index in [0.717, 1.165) is 22.4 Å². The number of para-hydroxylation sites is 1. The quantitative estimate of drug-likeness (QED) is 0.637. The summed E-state index contributed by atoms with van der Waals surface area (Å²) in [6, 6.07) is 24.5. The van der Waals surface area contributed by atoms with E-state index in [1.54, 1.807) is 24.3 Å². The van der Waals surface area contributed by atoms with Crippen LogP contribution >= 0.6 is 0 Å². The van der Waals surface area contributed by atoms with Crippen LogP contribution in [0, 0.1) is 13.8 Å². The number of aryl methyl sites for hydroxylation is 2. The topological polar surface area (TPSA) is 58.2 Å². The van der Waals surface area contributed by atoms with Crippen molar-refractivity contribution in [2.45, 2.75) is 24.8 Å². The van der Waals surface area contributed by atoms with Crippen LogP contribution < -0.4 is 10.0 Å². The van der Waals surface area contributed by atoms with Crippen LogP contribution in [-0.4, -0.2) is 15.0 Å². The number of hydrogen-bond donors (Lipinski definition) is 2. The molecule has 1 atom stereocenters. The summed E-state index contributed by atoms with van der Waals surface area (Å²) in [6.07, 6.45) is 0. The first kappa shape index (κ1) is 19.1. The molecular formula is C22H24N2O2S. The predicted molar refractivity (Wildman–Crippen MR) is 110 cm³/mol. The first-order valence-electron chi connectivity index (χ1n) is 8.89. The van der Waals surface area contributed by atoms with Crippen molar-refractivity contribution in [2.75, 3.05) is 11.9 Å². The van der Waals surface area contributed by atoms with E-state index in [9.17, 15) is 8.42 Å². The highest BCUT2D eigenvalue weighted by molar-refractivity contribution is 7.89. The van der Waals surface area contributed by atoms with Crippen molar-refractivity contribution in [1.82, 2.24) is 4.72 Å². The number of nitrogens with one attached hydrogen (secondary N) is 2. The van der Waals surface area contributed by atoms with E-state index < -0.39 is 10.0 Å². The van der Waals surface area contributed by atoms with E-state index in [0.29, 0.717) is 0 Å². The summed E-state index contributed by atoms with van der Waals surface area (Å²) in [5.41, 5.74) is 4.14. The third-order valence-corrected chi connectivity index (χ3v) is 5.92. The number of benzene rings is 3. The Balaban J connectivity index is 1.81. The van der Waals surface area contributed by atoms with E-state index in [1.165, 1.54) is 0 Å². The van der Waals surface area contributed by atoms with Gasteiger partial charge >= 0.3 is 0 Å². The Labute approximate surface area is 161 Å². The summed E-state index contributed by atoms with van der Waals surface area (Å²) in [6.45, 7) is 4.21. The smallest absolute Gasteiger partial charge is 0.240 e. The van der Waals surface area contributed by atoms with Gasteiger partial charge in [0.1, 0.15) is 0 Å². The molecule has 140 valence electrons. The van der Waals surface area contributed by atoms with Gasteiger partial charge in [-0.2, -0.15) is 0 Å². The fraction of sp³-hybridized carbons (Fsp3) is 0.182. The molecule has 0 bridgehead atoms. The van der Waals surface area contributed by atoms with Crippen molar-refractivity contribution in [1.29, 1.82) is 0 Å². The second-order valence-electron chi connectivity index (χ2n) is 6.59. The maximum absolute atomic E-state index is 12.7. The Morgan fingerprint density at radius 1 is 0.815 bits per heavy atom. The van der Waals surface area contributed by atoms with E-state index in [2.05, 4.69) is 10.0 Å². The van der Waals surface area contributed by atoms with Gasteiger partial charge in [0.25, 0.3) is 0 Å². The maximum Gasteiger partial charge on any atom is 0.240 e. The monoisotopic (exact) mass is 380 g/mol. The Kier molecular flexibility index (Phi) is 5.94. The van der Waals surface area contributed by atoms with Crippen LogP contribution in [0.1, 0.15) is 22.7 Å². The molecule has 0 amide bonds. The molecule has 0 heterocycles. The average Bonchev–Trinajstić information content (AvgIpc) is 2.67. The summed E-state index contributed by atoms with van der Waals surface area (Å²) in [7, 11) is -3.57. The van der Waals surface area contributed by atoms with Gasteiger partial charge in [-0.25, -0.2) is 13.1 Å². The molecule has 0 saturated carbocycles. The second-order valence-corrected chi connectivity index (χ2v) is 8.35. The molecule has 0 unspecified atom stereocenters. The zero-order valence-electron chi connectivity index (χ0n) is 15.5. The van der Waals surface area contributed by atoms with Crippen LogP contribution in [0.5, 0.6) is 0 Å². The fourth-order valence-electron chi connectivity index (χ4n) is 2.85. The van der Waals surface area contributed by atoms with Gasteiger partial charge in [0.05, 0.1) is 10.9 Å². The summed E-state index contributed by atoms with van der Waals surface area (Å²) in [5, 5.41) is 3.47. The SMILES string of the molecule is Cc1ccc(S(=O)(=O)NC[C@H](Nc2ccccc2C)c2ccccc2)cc1. The Morgan fingerprint density at radius 2 is 1.44 bits per heavy atom. The highest BCUT2D eigenvalue weighted by atomic mass is 32.2. The van der Waals surface area contributed by atoms with Crippen molar-refractivity contribution in [3.8, 4) is 0 Å². The van der Waals surface area contributed by atoms with Gasteiger partial charge in [-0.1, -0.05) is 66.2 Å². The molecule has 0 aliphatic heterocycles. The normalized spacial score (nSPS) is 12.5. The van der Waals surface area contributed by atoms with Crippen LogP contribution in [0.4, 0.5) is 5.69 Å². The largest absolute Gasteiger partial charge is 0.377 e. The lowest BCUT2D eigenvalue weighted by Gasteiger charge is -2.22. The van der Waals surface area contributed by atoms with E-state index >= 15 is 0 Å². The predicted octanol–water partition coefficient (Wildman–Crippen LogP) is 4.44. The highest BCUT2D eigenvalue weighted by Crippen LogP contribution is 2.22. The summed E-state index contributed by atoms with van der Waals surface area (Å²) in [4.78, 5) is 0.274. The molecule has 3 aromatic carbocycles. The average molecular weight is 381 g/mol. The number of rotatable bonds is 7. The van der Waals surface area contributed by atoms with Crippen LogP contribution in [0.25, 0.3) is 0 Å². The molecule has 0 aliphatic carbocycles. The molecule has 0 aliphatic rings. The van der Waals surface area contributed by atoms with Crippen molar-refractivity contribution < 1.29 is 8.42 Å². The molecule has 0 spiro atoms. The van der Waals surface area contributed by atoms with Gasteiger partial charge in [-0.05, 0) is 43.2 Å². The lowest BCUT2D eigenvalue weighted by molar-refractivity contribution is 0.576. The molecule has 5 heteroatoms. The Bertz CT molecular complexity index is 984. The van der Waals surface area contributed by atoms with Crippen LogP contribution in [-0.2, 0) is 10.0 Å². The summed E-state index contributed by atoms with van der Waals surface area (Å²) >= 11 is 0. The molecule has 3 rings (SSSR count). The third-order valence-electron chi connectivity index (χ3n) is 4.49. The lowest BCUT2D eigenvalue weighted by atomic mass is 10.1. The van der Waals surface area contributed by atoms with E-state index in [1.807, 2.05) is 68.4 Å². The summed E-state index contributed by atoms with van der Waals surface area (Å²) in [5.74, 6) is 0. The minimum absolute atomic E-state index is 0.187. The molecule has 4 nitrogen and oxygen atoms in total. The maximum atomic E-state index is 12.7. The van der Waals surface area contributed by atoms with E-state index in [4.69, 9.17) is 0 Å². The minimum atomic E-state index is -3.57. The first-order valence-corrected chi connectivity index (χ1v) is 10.4. The van der Waals surface area contributed by atoms with Gasteiger partial charge in [0.2, 0.25) is 10.0 Å². The zero-order chi connectivity index (χ0) is 19.3. The molecular weight excluding hydrogens is 356 g/mol. The van der Waals surface area contributed by atoms with Gasteiger partial charge in [0.15, 0.2) is 0 Å². The van der Waals surface area contributed by atoms with Gasteiger partial charge < -0.3 is 5.32 Å². The van der Waals surface area contributed by atoms with Crippen LogP contribution in [0.3, 0.4) is 0 Å². The van der Waals surface area contributed by atoms with Gasteiger partial charge in [-0.15, -0.1) is 0 Å². The fourth-order valence-corrected chi connectivity index (χ4v) is 3.90. The second kappa shape index (κ2) is 8.37. The van der Waals surface area contributed by atoms with Gasteiger partial charge in [-0.3, -0.25) is 0 Å². The molecule has 0 fully saturated rings. The highest BCUT2D eigenvalue weighted by Gasteiger charge is 2.18. The standard InChI is InChI=1S/C22H24N2O2S/c1-17-12-14-20(15-13-17)27(25,26)23-16-22(19-9-4-3-5-10-19)24-21-11-7-6-8-18(21)2/h3-15,22-24H,16H2,1-2H3/t22-/m0/s1. The molecule has 0 aromatic heterocycles. The first-order chi connectivity index (χ1) is 13.0. The Hall–Kier alpha value is -2.63. The minimum Gasteiger partial charge on any atom is -0.377 e. The molecule has 2 N–H and O–H groups in total.